The number of H-pyrrole nitrogens is 1. The zero-order valence-electron chi connectivity index (χ0n) is 9.58. The fraction of sp³-hybridized carbons (Fsp3) is 0. The minimum Gasteiger partial charge on any atom is -0.463 e. The second-order valence-corrected chi connectivity index (χ2v) is 3.77. The second-order valence-electron chi connectivity index (χ2n) is 3.77. The molecule has 1 N–H and O–H groups in total. The van der Waals surface area contributed by atoms with E-state index < -0.39 is 0 Å². The number of aromatic nitrogens is 3. The lowest BCUT2D eigenvalue weighted by molar-refractivity contribution is 0.614. The van der Waals surface area contributed by atoms with Crippen molar-refractivity contribution >= 4 is 21.9 Å². The number of pyridine rings is 2. The number of nitrogens with one attached hydrogen (secondary N) is 1. The smallest absolute Gasteiger partial charge is 0.152 e. The second kappa shape index (κ2) is 4.71. The molecule has 0 aliphatic rings. The highest BCUT2D eigenvalue weighted by Crippen LogP contribution is 2.11. The van der Waals surface area contributed by atoms with Crippen molar-refractivity contribution in [1.82, 2.24) is 15.0 Å². The summed E-state index contributed by atoms with van der Waals surface area (Å²) in [5.41, 5.74) is 1.94. The zero-order valence-corrected chi connectivity index (χ0v) is 9.58. The fourth-order valence-corrected chi connectivity index (χ4v) is 1.70. The molecule has 88 valence electrons. The van der Waals surface area contributed by atoms with Crippen molar-refractivity contribution in [1.29, 1.82) is 0 Å². The van der Waals surface area contributed by atoms with Gasteiger partial charge in [-0.15, -0.1) is 0 Å². The monoisotopic (exact) mass is 237 g/mol. The summed E-state index contributed by atoms with van der Waals surface area (Å²) >= 11 is 0. The van der Waals surface area contributed by atoms with Crippen LogP contribution in [0.4, 0.5) is 0 Å². The fourth-order valence-electron chi connectivity index (χ4n) is 1.70. The predicted octanol–water partition coefficient (Wildman–Crippen LogP) is 3.39. The Kier molecular flexibility index (Phi) is 2.75. The molecular weight excluding hydrogens is 226 g/mol. The Balaban J connectivity index is 0.000000111. The van der Waals surface area contributed by atoms with E-state index in [0.717, 1.165) is 16.5 Å². The van der Waals surface area contributed by atoms with Gasteiger partial charge in [-0.2, -0.15) is 0 Å². The van der Waals surface area contributed by atoms with Crippen molar-refractivity contribution < 1.29 is 4.42 Å². The molecule has 0 aromatic carbocycles. The normalized spacial score (nSPS) is 10.2. The van der Waals surface area contributed by atoms with Gasteiger partial charge in [-0.3, -0.25) is 9.97 Å². The van der Waals surface area contributed by atoms with Crippen molar-refractivity contribution in [3.8, 4) is 0 Å². The Hall–Kier alpha value is -2.62. The Labute approximate surface area is 103 Å². The maximum Gasteiger partial charge on any atom is 0.152 e. The molecule has 0 bridgehead atoms. The third-order valence-corrected chi connectivity index (χ3v) is 2.62. The summed E-state index contributed by atoms with van der Waals surface area (Å²) in [6, 6.07) is 7.83. The Morgan fingerprint density at radius 3 is 2.56 bits per heavy atom. The topological polar surface area (TPSA) is 54.7 Å². The average Bonchev–Trinajstić information content (AvgIpc) is 3.08. The van der Waals surface area contributed by atoms with Crippen LogP contribution in [0.3, 0.4) is 0 Å². The van der Waals surface area contributed by atoms with Crippen molar-refractivity contribution in [2.24, 2.45) is 0 Å². The SMILES string of the molecule is c1cc2cc[nH]c2cn1.c1cc2ccoc2cn1. The van der Waals surface area contributed by atoms with E-state index in [1.165, 1.54) is 5.39 Å². The summed E-state index contributed by atoms with van der Waals surface area (Å²) in [5, 5.41) is 2.31. The van der Waals surface area contributed by atoms with Crippen LogP contribution in [-0.2, 0) is 0 Å². The molecule has 0 radical (unpaired) electrons. The first kappa shape index (κ1) is 10.5. The van der Waals surface area contributed by atoms with Gasteiger partial charge >= 0.3 is 0 Å². The average molecular weight is 237 g/mol. The van der Waals surface area contributed by atoms with E-state index in [0.29, 0.717) is 0 Å². The van der Waals surface area contributed by atoms with Gasteiger partial charge in [0, 0.05) is 29.4 Å². The van der Waals surface area contributed by atoms with Gasteiger partial charge < -0.3 is 9.40 Å². The summed E-state index contributed by atoms with van der Waals surface area (Å²) in [6.07, 6.45) is 10.6. The summed E-state index contributed by atoms with van der Waals surface area (Å²) in [7, 11) is 0. The molecule has 4 heterocycles. The van der Waals surface area contributed by atoms with E-state index in [2.05, 4.69) is 15.0 Å². The molecule has 0 unspecified atom stereocenters. The van der Waals surface area contributed by atoms with Crippen molar-refractivity contribution in [3.63, 3.8) is 0 Å². The van der Waals surface area contributed by atoms with E-state index in [-0.39, 0.29) is 0 Å². The van der Waals surface area contributed by atoms with Crippen LogP contribution < -0.4 is 0 Å². The van der Waals surface area contributed by atoms with Gasteiger partial charge in [0.05, 0.1) is 24.2 Å². The summed E-state index contributed by atoms with van der Waals surface area (Å²) in [5.74, 6) is 0. The number of aromatic amines is 1. The van der Waals surface area contributed by atoms with Crippen molar-refractivity contribution in [2.45, 2.75) is 0 Å². The lowest BCUT2D eigenvalue weighted by atomic mass is 10.3. The van der Waals surface area contributed by atoms with Crippen LogP contribution in [0.15, 0.2) is 65.9 Å². The third-order valence-electron chi connectivity index (χ3n) is 2.62. The Morgan fingerprint density at radius 1 is 0.889 bits per heavy atom. The molecule has 0 aliphatic carbocycles. The lowest BCUT2D eigenvalue weighted by Gasteiger charge is -1.82. The maximum atomic E-state index is 5.06. The summed E-state index contributed by atoms with van der Waals surface area (Å²) in [4.78, 5) is 10.9. The highest BCUT2D eigenvalue weighted by molar-refractivity contribution is 5.77. The molecule has 4 nitrogen and oxygen atoms in total. The van der Waals surface area contributed by atoms with Crippen LogP contribution in [0.25, 0.3) is 21.9 Å². The molecule has 0 saturated heterocycles. The number of fused-ring (bicyclic) bond motifs is 2. The number of nitrogens with zero attached hydrogens (tertiary/aromatic N) is 2. The molecule has 0 fully saturated rings. The van der Waals surface area contributed by atoms with Gasteiger partial charge in [-0.1, -0.05) is 0 Å². The molecule has 4 rings (SSSR count). The minimum absolute atomic E-state index is 0.845. The van der Waals surface area contributed by atoms with E-state index >= 15 is 0 Å². The lowest BCUT2D eigenvalue weighted by Crippen LogP contribution is -1.68. The number of hydrogen-bond donors (Lipinski definition) is 1. The van der Waals surface area contributed by atoms with Gasteiger partial charge in [0.1, 0.15) is 0 Å². The molecule has 0 atom stereocenters. The van der Waals surface area contributed by atoms with E-state index in [1.54, 1.807) is 24.9 Å². The van der Waals surface area contributed by atoms with Crippen LogP contribution in [0.1, 0.15) is 0 Å². The van der Waals surface area contributed by atoms with Gasteiger partial charge in [0.2, 0.25) is 0 Å². The van der Waals surface area contributed by atoms with Gasteiger partial charge in [-0.05, 0) is 24.3 Å². The highest BCUT2D eigenvalue weighted by atomic mass is 16.3. The molecule has 0 amide bonds. The Bertz CT molecular complexity index is 631. The first-order chi connectivity index (χ1) is 8.93. The predicted molar refractivity (Wildman–Crippen MR) is 70.1 cm³/mol. The van der Waals surface area contributed by atoms with Crippen LogP contribution in [-0.4, -0.2) is 15.0 Å². The number of rotatable bonds is 0. The van der Waals surface area contributed by atoms with Crippen LogP contribution >= 0.6 is 0 Å². The largest absolute Gasteiger partial charge is 0.463 e. The van der Waals surface area contributed by atoms with E-state index in [4.69, 9.17) is 4.42 Å². The van der Waals surface area contributed by atoms with E-state index in [1.807, 2.05) is 36.7 Å². The molecule has 0 saturated carbocycles. The van der Waals surface area contributed by atoms with Crippen LogP contribution in [0.2, 0.25) is 0 Å². The first-order valence-electron chi connectivity index (χ1n) is 5.58. The standard InChI is InChI=1S/C7H6N2.C7H5NO/c2*1-3-8-5-7-6(1)2-4-9-7/h1-5,9H;1-5H. The highest BCUT2D eigenvalue weighted by Gasteiger charge is 1.90. The van der Waals surface area contributed by atoms with Crippen LogP contribution in [0.5, 0.6) is 0 Å². The maximum absolute atomic E-state index is 5.06. The summed E-state index contributed by atoms with van der Waals surface area (Å²) < 4.78 is 5.06. The molecule has 4 heteroatoms. The van der Waals surface area contributed by atoms with Gasteiger partial charge in [0.25, 0.3) is 0 Å². The first-order valence-corrected chi connectivity index (χ1v) is 5.58. The van der Waals surface area contributed by atoms with E-state index in [9.17, 15) is 0 Å². The Morgan fingerprint density at radius 2 is 1.72 bits per heavy atom. The molecular formula is C14H11N3O. The van der Waals surface area contributed by atoms with Gasteiger partial charge in [-0.25, -0.2) is 0 Å². The van der Waals surface area contributed by atoms with Gasteiger partial charge in [0.15, 0.2) is 5.58 Å². The van der Waals surface area contributed by atoms with Crippen molar-refractivity contribution in [2.75, 3.05) is 0 Å². The quantitative estimate of drug-likeness (QED) is 0.510. The number of furan rings is 1. The van der Waals surface area contributed by atoms with Crippen molar-refractivity contribution in [3.05, 3.63) is 61.5 Å². The third kappa shape index (κ3) is 2.08. The molecule has 0 aliphatic heterocycles. The molecule has 4 aromatic heterocycles. The minimum atomic E-state index is 0.845. The summed E-state index contributed by atoms with van der Waals surface area (Å²) in [6.45, 7) is 0. The molecule has 18 heavy (non-hydrogen) atoms. The molecule has 4 aromatic rings. The number of hydrogen-bond acceptors (Lipinski definition) is 3. The van der Waals surface area contributed by atoms with Crippen LogP contribution in [0, 0.1) is 0 Å². The molecule has 0 spiro atoms. The zero-order chi connectivity index (χ0) is 12.2.